The molecular weight excluding hydrogens is 226 g/mol. The van der Waals surface area contributed by atoms with Crippen molar-refractivity contribution in [3.05, 3.63) is 56.3 Å². The third-order valence-electron chi connectivity index (χ3n) is 2.16. The van der Waals surface area contributed by atoms with Crippen LogP contribution in [0.15, 0.2) is 35.8 Å². The van der Waals surface area contributed by atoms with E-state index in [1.807, 2.05) is 11.4 Å². The molecule has 0 radical (unpaired) electrons. The van der Waals surface area contributed by atoms with E-state index in [9.17, 15) is 10.1 Å². The molecule has 16 heavy (non-hydrogen) atoms. The summed E-state index contributed by atoms with van der Waals surface area (Å²) >= 11 is 1.33. The van der Waals surface area contributed by atoms with Gasteiger partial charge in [-0.05, 0) is 5.56 Å². The molecule has 0 aliphatic carbocycles. The Kier molecular flexibility index (Phi) is 2.82. The highest BCUT2D eigenvalue weighted by atomic mass is 32.1. The van der Waals surface area contributed by atoms with Crippen LogP contribution in [0.5, 0.6) is 0 Å². The molecule has 82 valence electrons. The van der Waals surface area contributed by atoms with E-state index in [2.05, 4.69) is 0 Å². The molecule has 0 saturated heterocycles. The first-order chi connectivity index (χ1) is 7.66. The van der Waals surface area contributed by atoms with Gasteiger partial charge in [-0.25, -0.2) is 0 Å². The Hall–Kier alpha value is -1.95. The Morgan fingerprint density at radius 3 is 2.94 bits per heavy atom. The van der Waals surface area contributed by atoms with E-state index in [0.717, 1.165) is 5.56 Å². The van der Waals surface area contributed by atoms with Gasteiger partial charge in [-0.2, -0.15) is 0 Å². The molecule has 1 N–H and O–H groups in total. The van der Waals surface area contributed by atoms with Gasteiger partial charge in [0, 0.05) is 23.7 Å². The first kappa shape index (κ1) is 10.6. The lowest BCUT2D eigenvalue weighted by atomic mass is 10.2. The molecule has 0 aliphatic rings. The number of nitro groups is 1. The second kappa shape index (κ2) is 4.28. The number of aromatic nitrogens is 1. The van der Waals surface area contributed by atoms with Crippen LogP contribution in [-0.2, 0) is 6.54 Å². The Labute approximate surface area is 95.3 Å². The summed E-state index contributed by atoms with van der Waals surface area (Å²) in [5.74, 6) is 0. The molecule has 0 bridgehead atoms. The molecule has 0 spiro atoms. The summed E-state index contributed by atoms with van der Waals surface area (Å²) in [4.78, 5) is 10.6. The van der Waals surface area contributed by atoms with Gasteiger partial charge in [-0.15, -0.1) is 11.3 Å². The fraction of sp³-hybridized carbons (Fsp3) is 0.100. The first-order valence-electron chi connectivity index (χ1n) is 4.58. The maximum Gasteiger partial charge on any atom is 0.269 e. The van der Waals surface area contributed by atoms with Crippen LogP contribution < -0.4 is 4.80 Å². The fourth-order valence-electron chi connectivity index (χ4n) is 1.39. The lowest BCUT2D eigenvalue weighted by Gasteiger charge is -2.02. The number of nitrogens with one attached hydrogen (secondary N) is 1. The molecule has 1 aromatic carbocycles. The third-order valence-corrected chi connectivity index (χ3v) is 2.87. The van der Waals surface area contributed by atoms with Crippen molar-refractivity contribution in [1.82, 2.24) is 4.57 Å². The van der Waals surface area contributed by atoms with E-state index in [4.69, 9.17) is 5.41 Å². The van der Waals surface area contributed by atoms with Crippen molar-refractivity contribution in [2.75, 3.05) is 0 Å². The van der Waals surface area contributed by atoms with Crippen LogP contribution in [0.25, 0.3) is 0 Å². The molecule has 5 nitrogen and oxygen atoms in total. The smallest absolute Gasteiger partial charge is 0.269 e. The molecule has 2 aromatic rings. The Bertz CT molecular complexity index is 573. The van der Waals surface area contributed by atoms with Gasteiger partial charge in [0.05, 0.1) is 11.5 Å². The summed E-state index contributed by atoms with van der Waals surface area (Å²) in [6.07, 6.45) is 1.80. The maximum absolute atomic E-state index is 10.6. The van der Waals surface area contributed by atoms with Gasteiger partial charge >= 0.3 is 0 Å². The van der Waals surface area contributed by atoms with Gasteiger partial charge in [0.2, 0.25) is 0 Å². The van der Waals surface area contributed by atoms with Gasteiger partial charge in [0.1, 0.15) is 0 Å². The number of non-ortho nitro benzene ring substituents is 1. The summed E-state index contributed by atoms with van der Waals surface area (Å²) < 4.78 is 1.74. The van der Waals surface area contributed by atoms with E-state index in [0.29, 0.717) is 11.3 Å². The average molecular weight is 235 g/mol. The number of rotatable bonds is 3. The predicted octanol–water partition coefficient (Wildman–Crippen LogP) is 1.99. The Balaban J connectivity index is 2.29. The zero-order chi connectivity index (χ0) is 11.5. The third kappa shape index (κ3) is 2.17. The molecule has 1 aromatic heterocycles. The van der Waals surface area contributed by atoms with Gasteiger partial charge in [-0.3, -0.25) is 15.5 Å². The zero-order valence-electron chi connectivity index (χ0n) is 8.29. The quantitative estimate of drug-likeness (QED) is 0.652. The number of hydrogen-bond acceptors (Lipinski definition) is 4. The summed E-state index contributed by atoms with van der Waals surface area (Å²) in [5, 5.41) is 20.0. The highest BCUT2D eigenvalue weighted by molar-refractivity contribution is 7.06. The monoisotopic (exact) mass is 235 g/mol. The minimum Gasteiger partial charge on any atom is -0.320 e. The molecule has 1 heterocycles. The van der Waals surface area contributed by atoms with Crippen LogP contribution in [0.2, 0.25) is 0 Å². The van der Waals surface area contributed by atoms with Crippen molar-refractivity contribution in [2.45, 2.75) is 6.54 Å². The topological polar surface area (TPSA) is 71.9 Å². The van der Waals surface area contributed by atoms with Gasteiger partial charge in [-0.1, -0.05) is 12.1 Å². The average Bonchev–Trinajstić information content (AvgIpc) is 2.65. The summed E-state index contributed by atoms with van der Waals surface area (Å²) in [5.41, 5.74) is 0.908. The van der Waals surface area contributed by atoms with Crippen LogP contribution in [0.4, 0.5) is 5.69 Å². The van der Waals surface area contributed by atoms with Crippen LogP contribution in [0.1, 0.15) is 5.56 Å². The van der Waals surface area contributed by atoms with E-state index in [-0.39, 0.29) is 5.69 Å². The number of benzene rings is 1. The molecule has 0 unspecified atom stereocenters. The van der Waals surface area contributed by atoms with Crippen molar-refractivity contribution in [3.8, 4) is 0 Å². The molecular formula is C10H9N3O2S. The zero-order valence-corrected chi connectivity index (χ0v) is 9.11. The van der Waals surface area contributed by atoms with Gasteiger partial charge < -0.3 is 4.57 Å². The van der Waals surface area contributed by atoms with Crippen LogP contribution in [0, 0.1) is 15.5 Å². The molecule has 6 heteroatoms. The van der Waals surface area contributed by atoms with Crippen molar-refractivity contribution in [2.24, 2.45) is 0 Å². The maximum atomic E-state index is 10.6. The summed E-state index contributed by atoms with van der Waals surface area (Å²) in [6.45, 7) is 0.490. The normalized spacial score (nSPS) is 10.2. The van der Waals surface area contributed by atoms with Crippen molar-refractivity contribution < 1.29 is 4.92 Å². The minimum absolute atomic E-state index is 0.0832. The van der Waals surface area contributed by atoms with E-state index < -0.39 is 4.92 Å². The molecule has 0 aliphatic heterocycles. The molecule has 0 fully saturated rings. The minimum atomic E-state index is -0.413. The van der Waals surface area contributed by atoms with Crippen LogP contribution in [-0.4, -0.2) is 9.49 Å². The first-order valence-corrected chi connectivity index (χ1v) is 5.46. The number of thiazole rings is 1. The van der Waals surface area contributed by atoms with Crippen molar-refractivity contribution >= 4 is 17.0 Å². The number of nitro benzene ring substituents is 1. The predicted molar refractivity (Wildman–Crippen MR) is 60.4 cm³/mol. The van der Waals surface area contributed by atoms with Crippen LogP contribution >= 0.6 is 11.3 Å². The molecule has 0 saturated carbocycles. The SMILES string of the molecule is N=c1sccn1Cc1cccc([N+](=O)[O-])c1. The summed E-state index contributed by atoms with van der Waals surface area (Å²) in [7, 11) is 0. The largest absolute Gasteiger partial charge is 0.320 e. The molecule has 2 rings (SSSR count). The Morgan fingerprint density at radius 2 is 2.31 bits per heavy atom. The van der Waals surface area contributed by atoms with E-state index in [1.165, 1.54) is 23.5 Å². The van der Waals surface area contributed by atoms with E-state index >= 15 is 0 Å². The van der Waals surface area contributed by atoms with Crippen molar-refractivity contribution in [3.63, 3.8) is 0 Å². The molecule has 0 atom stereocenters. The number of hydrogen-bond donors (Lipinski definition) is 1. The van der Waals surface area contributed by atoms with Gasteiger partial charge in [0.25, 0.3) is 5.69 Å². The highest BCUT2D eigenvalue weighted by Gasteiger charge is 2.05. The number of nitrogens with zero attached hydrogens (tertiary/aromatic N) is 2. The second-order valence-corrected chi connectivity index (χ2v) is 4.16. The lowest BCUT2D eigenvalue weighted by molar-refractivity contribution is -0.384. The Morgan fingerprint density at radius 1 is 1.50 bits per heavy atom. The standard InChI is InChI=1S/C10H9N3O2S/c11-10-12(4-5-16-10)7-8-2-1-3-9(6-8)13(14)15/h1-6,11H,7H2. The van der Waals surface area contributed by atoms with Crippen LogP contribution in [0.3, 0.4) is 0 Å². The fourth-order valence-corrected chi connectivity index (χ4v) is 1.99. The molecule has 0 amide bonds. The van der Waals surface area contributed by atoms with E-state index in [1.54, 1.807) is 16.8 Å². The van der Waals surface area contributed by atoms with Crippen molar-refractivity contribution in [1.29, 1.82) is 5.41 Å². The highest BCUT2D eigenvalue weighted by Crippen LogP contribution is 2.13. The van der Waals surface area contributed by atoms with Gasteiger partial charge in [0.15, 0.2) is 4.80 Å². The second-order valence-electron chi connectivity index (χ2n) is 3.26. The summed E-state index contributed by atoms with van der Waals surface area (Å²) in [6, 6.07) is 6.47. The lowest BCUT2D eigenvalue weighted by Crippen LogP contribution is -2.12.